The highest BCUT2D eigenvalue weighted by Crippen LogP contribution is 2.28. The number of hydrogen-bond acceptors (Lipinski definition) is 3. The van der Waals surface area contributed by atoms with Gasteiger partial charge in [-0.25, -0.2) is 8.42 Å². The Hall–Kier alpha value is 0.0500. The fourth-order valence-electron chi connectivity index (χ4n) is 1.18. The van der Waals surface area contributed by atoms with Crippen LogP contribution in [-0.4, -0.2) is 37.5 Å². The van der Waals surface area contributed by atoms with Gasteiger partial charge in [0.1, 0.15) is 0 Å². The third-order valence-corrected chi connectivity index (χ3v) is 5.89. The highest BCUT2D eigenvalue weighted by Gasteiger charge is 2.27. The molecular weight excluding hydrogens is 374 g/mol. The van der Waals surface area contributed by atoms with Crippen LogP contribution in [0.4, 0.5) is 0 Å². The smallest absolute Gasteiger partial charge is 0.244 e. The van der Waals surface area contributed by atoms with E-state index in [1.54, 1.807) is 19.1 Å². The Balaban J connectivity index is 3.26. The van der Waals surface area contributed by atoms with Gasteiger partial charge in [-0.1, -0.05) is 15.9 Å². The van der Waals surface area contributed by atoms with Gasteiger partial charge in [-0.15, -0.1) is 0 Å². The maximum Gasteiger partial charge on any atom is 0.244 e. The molecule has 0 spiro atoms. The zero-order valence-electron chi connectivity index (χ0n) is 9.39. The molecule has 0 saturated heterocycles. The normalized spacial score (nSPS) is 14.0. The number of aliphatic hydroxyl groups is 1. The second kappa shape index (κ2) is 5.79. The van der Waals surface area contributed by atoms with Crippen molar-refractivity contribution >= 4 is 41.9 Å². The minimum Gasteiger partial charge on any atom is -0.395 e. The minimum atomic E-state index is -3.61. The number of hydrogen-bond donors (Lipinski definition) is 1. The summed E-state index contributed by atoms with van der Waals surface area (Å²) in [5.41, 5.74) is 0. The zero-order chi connectivity index (χ0) is 13.2. The van der Waals surface area contributed by atoms with E-state index in [1.165, 1.54) is 13.1 Å². The number of nitrogens with zero attached hydrogens (tertiary/aromatic N) is 1. The monoisotopic (exact) mass is 385 g/mol. The van der Waals surface area contributed by atoms with Gasteiger partial charge in [0.05, 0.1) is 11.5 Å². The van der Waals surface area contributed by atoms with Crippen LogP contribution in [-0.2, 0) is 10.0 Å². The average molecular weight is 387 g/mol. The lowest BCUT2D eigenvalue weighted by atomic mass is 10.4. The number of likely N-dealkylation sites (N-methyl/N-ethyl adjacent to an activating group) is 1. The van der Waals surface area contributed by atoms with Crippen LogP contribution in [0.25, 0.3) is 0 Å². The first-order valence-corrected chi connectivity index (χ1v) is 7.87. The topological polar surface area (TPSA) is 57.6 Å². The standard InChI is InChI=1S/C10H13Br2NO3S/c1-7(6-14)13(2)17(15,16)10-5-8(11)3-4-9(10)12/h3-5,7,14H,6H2,1-2H3. The number of benzene rings is 1. The molecule has 1 N–H and O–H groups in total. The van der Waals surface area contributed by atoms with Crippen molar-refractivity contribution in [3.8, 4) is 0 Å². The van der Waals surface area contributed by atoms with Crippen LogP contribution in [0, 0.1) is 0 Å². The molecule has 1 rings (SSSR count). The molecule has 0 radical (unpaired) electrons. The van der Waals surface area contributed by atoms with E-state index in [9.17, 15) is 8.42 Å². The Morgan fingerprint density at radius 3 is 2.53 bits per heavy atom. The maximum atomic E-state index is 12.3. The molecule has 0 heterocycles. The molecule has 1 aromatic rings. The van der Waals surface area contributed by atoms with Crippen LogP contribution in [0.1, 0.15) is 6.92 Å². The lowest BCUT2D eigenvalue weighted by Gasteiger charge is -2.23. The molecule has 4 nitrogen and oxygen atoms in total. The van der Waals surface area contributed by atoms with Crippen molar-refractivity contribution in [2.45, 2.75) is 17.9 Å². The van der Waals surface area contributed by atoms with Crippen molar-refractivity contribution < 1.29 is 13.5 Å². The Morgan fingerprint density at radius 2 is 2.00 bits per heavy atom. The predicted molar refractivity (Wildman–Crippen MR) is 73.3 cm³/mol. The van der Waals surface area contributed by atoms with Crippen LogP contribution >= 0.6 is 31.9 Å². The second-order valence-electron chi connectivity index (χ2n) is 3.63. The predicted octanol–water partition coefficient (Wildman–Crippen LogP) is 2.21. The SMILES string of the molecule is CC(CO)N(C)S(=O)(=O)c1cc(Br)ccc1Br. The molecule has 7 heteroatoms. The van der Waals surface area contributed by atoms with Gasteiger partial charge < -0.3 is 5.11 Å². The van der Waals surface area contributed by atoms with E-state index in [1.807, 2.05) is 0 Å². The fraction of sp³-hybridized carbons (Fsp3) is 0.400. The maximum absolute atomic E-state index is 12.3. The van der Waals surface area contributed by atoms with Crippen molar-refractivity contribution in [3.63, 3.8) is 0 Å². The zero-order valence-corrected chi connectivity index (χ0v) is 13.4. The molecule has 0 aromatic heterocycles. The van der Waals surface area contributed by atoms with E-state index in [0.29, 0.717) is 8.95 Å². The largest absolute Gasteiger partial charge is 0.395 e. The van der Waals surface area contributed by atoms with Crippen molar-refractivity contribution in [1.29, 1.82) is 0 Å². The molecule has 1 unspecified atom stereocenters. The number of sulfonamides is 1. The van der Waals surface area contributed by atoms with Gasteiger partial charge in [0.15, 0.2) is 0 Å². The number of aliphatic hydroxyl groups excluding tert-OH is 1. The Bertz CT molecular complexity index is 504. The summed E-state index contributed by atoms with van der Waals surface area (Å²) >= 11 is 6.46. The Kier molecular flexibility index (Phi) is 5.15. The lowest BCUT2D eigenvalue weighted by molar-refractivity contribution is 0.214. The molecule has 0 aliphatic rings. The third kappa shape index (κ3) is 3.29. The van der Waals surface area contributed by atoms with Gasteiger partial charge in [-0.2, -0.15) is 4.31 Å². The summed E-state index contributed by atoms with van der Waals surface area (Å²) in [4.78, 5) is 0.176. The minimum absolute atomic E-state index is 0.176. The Labute approximate surface area is 118 Å². The molecule has 0 aliphatic heterocycles. The van der Waals surface area contributed by atoms with Gasteiger partial charge in [-0.3, -0.25) is 0 Å². The van der Waals surface area contributed by atoms with Crippen molar-refractivity contribution in [2.24, 2.45) is 0 Å². The molecule has 96 valence electrons. The van der Waals surface area contributed by atoms with Crippen molar-refractivity contribution in [2.75, 3.05) is 13.7 Å². The van der Waals surface area contributed by atoms with Crippen molar-refractivity contribution in [1.82, 2.24) is 4.31 Å². The van der Waals surface area contributed by atoms with Crippen molar-refractivity contribution in [3.05, 3.63) is 27.1 Å². The summed E-state index contributed by atoms with van der Waals surface area (Å²) in [6.45, 7) is 1.42. The van der Waals surface area contributed by atoms with Gasteiger partial charge in [-0.05, 0) is 41.1 Å². The molecule has 0 aliphatic carbocycles. The Morgan fingerprint density at radius 1 is 1.41 bits per heavy atom. The van der Waals surface area contributed by atoms with Gasteiger partial charge in [0.25, 0.3) is 0 Å². The summed E-state index contributed by atoms with van der Waals surface area (Å²) < 4.78 is 26.9. The number of halogens is 2. The van der Waals surface area contributed by atoms with E-state index in [-0.39, 0.29) is 11.5 Å². The van der Waals surface area contributed by atoms with Crippen LogP contribution in [0.15, 0.2) is 32.0 Å². The summed E-state index contributed by atoms with van der Waals surface area (Å²) in [6, 6.07) is 4.47. The second-order valence-corrected chi connectivity index (χ2v) is 7.36. The fourth-order valence-corrected chi connectivity index (χ4v) is 4.00. The van der Waals surface area contributed by atoms with Gasteiger partial charge >= 0.3 is 0 Å². The first-order valence-electron chi connectivity index (χ1n) is 4.84. The molecular formula is C10H13Br2NO3S. The third-order valence-electron chi connectivity index (χ3n) is 2.44. The van der Waals surface area contributed by atoms with Crippen LogP contribution in [0.5, 0.6) is 0 Å². The van der Waals surface area contributed by atoms with Crippen LogP contribution < -0.4 is 0 Å². The van der Waals surface area contributed by atoms with E-state index < -0.39 is 16.1 Å². The molecule has 0 saturated carbocycles. The number of rotatable bonds is 4. The van der Waals surface area contributed by atoms with Crippen LogP contribution in [0.3, 0.4) is 0 Å². The molecule has 0 bridgehead atoms. The van der Waals surface area contributed by atoms with E-state index in [0.717, 1.165) is 4.31 Å². The summed E-state index contributed by atoms with van der Waals surface area (Å²) in [5, 5.41) is 9.01. The molecule has 1 aromatic carbocycles. The molecule has 0 fully saturated rings. The van der Waals surface area contributed by atoms with Gasteiger partial charge in [0.2, 0.25) is 10.0 Å². The first-order chi connectivity index (χ1) is 7.80. The van der Waals surface area contributed by atoms with E-state index in [4.69, 9.17) is 5.11 Å². The average Bonchev–Trinajstić information content (AvgIpc) is 2.30. The first kappa shape index (κ1) is 15.1. The van der Waals surface area contributed by atoms with Gasteiger partial charge in [0, 0.05) is 22.0 Å². The summed E-state index contributed by atoms with van der Waals surface area (Å²) in [5.74, 6) is 0. The highest BCUT2D eigenvalue weighted by molar-refractivity contribution is 9.11. The summed E-state index contributed by atoms with van der Waals surface area (Å²) in [7, 11) is -2.16. The molecule has 17 heavy (non-hydrogen) atoms. The molecule has 1 atom stereocenters. The lowest BCUT2D eigenvalue weighted by Crippen LogP contribution is -2.37. The quantitative estimate of drug-likeness (QED) is 0.862. The van der Waals surface area contributed by atoms with E-state index >= 15 is 0 Å². The molecule has 0 amide bonds. The van der Waals surface area contributed by atoms with E-state index in [2.05, 4.69) is 31.9 Å². The van der Waals surface area contributed by atoms with Crippen LogP contribution in [0.2, 0.25) is 0 Å². The summed E-state index contributed by atoms with van der Waals surface area (Å²) in [6.07, 6.45) is 0. The highest BCUT2D eigenvalue weighted by atomic mass is 79.9.